The van der Waals surface area contributed by atoms with Gasteiger partial charge in [-0.25, -0.2) is 0 Å². The summed E-state index contributed by atoms with van der Waals surface area (Å²) in [6, 6.07) is 5.48. The van der Waals surface area contributed by atoms with Gasteiger partial charge in [0.15, 0.2) is 5.78 Å². The molecule has 2 amide bonds. The van der Waals surface area contributed by atoms with E-state index in [2.05, 4.69) is 4.98 Å². The van der Waals surface area contributed by atoms with Crippen LogP contribution < -0.4 is 0 Å². The first kappa shape index (κ1) is 15.8. The molecule has 23 heavy (non-hydrogen) atoms. The maximum Gasteiger partial charge on any atom is 0.293 e. The molecule has 0 atom stereocenters. The van der Waals surface area contributed by atoms with Gasteiger partial charge in [0.05, 0.1) is 11.4 Å². The lowest BCUT2D eigenvalue weighted by molar-refractivity contribution is -0.122. The van der Waals surface area contributed by atoms with Crippen LogP contribution in [0.4, 0.5) is 4.79 Å². The van der Waals surface area contributed by atoms with Gasteiger partial charge in [0.2, 0.25) is 0 Å². The van der Waals surface area contributed by atoms with Gasteiger partial charge in [0.1, 0.15) is 0 Å². The van der Waals surface area contributed by atoms with Crippen LogP contribution in [0.15, 0.2) is 28.5 Å². The molecular weight excluding hydrogens is 332 g/mol. The number of thiophene rings is 1. The molecule has 118 valence electrons. The fraction of sp³-hybridized carbons (Fsp3) is 0.188. The summed E-state index contributed by atoms with van der Waals surface area (Å²) in [5.74, 6) is -0.654. The van der Waals surface area contributed by atoms with E-state index in [1.807, 2.05) is 24.4 Å². The lowest BCUT2D eigenvalue weighted by atomic mass is 10.1. The van der Waals surface area contributed by atoms with Gasteiger partial charge in [0, 0.05) is 21.8 Å². The predicted molar refractivity (Wildman–Crippen MR) is 91.6 cm³/mol. The number of carbonyl (C=O) groups excluding carboxylic acids is 3. The number of Topliss-reactive ketones (excluding diaryl/α,β-unsaturated/α-hetero) is 1. The summed E-state index contributed by atoms with van der Waals surface area (Å²) >= 11 is 2.36. The van der Waals surface area contributed by atoms with Crippen LogP contribution in [0.1, 0.15) is 26.6 Å². The number of amides is 2. The Morgan fingerprint density at radius 1 is 1.35 bits per heavy atom. The van der Waals surface area contributed by atoms with Crippen molar-refractivity contribution in [2.45, 2.75) is 13.8 Å². The SMILES string of the molecule is Cc1cc(C(=O)CN2C(=O)SC(=Cc3cccs3)C2=O)c(C)[nH]1. The van der Waals surface area contributed by atoms with Crippen LogP contribution in [-0.2, 0) is 4.79 Å². The molecule has 1 aliphatic heterocycles. The van der Waals surface area contributed by atoms with E-state index in [4.69, 9.17) is 0 Å². The van der Waals surface area contributed by atoms with Gasteiger partial charge in [-0.05, 0) is 49.2 Å². The first-order valence-corrected chi connectivity index (χ1v) is 8.63. The molecule has 0 unspecified atom stereocenters. The number of thioether (sulfide) groups is 1. The molecule has 0 bridgehead atoms. The number of ketones is 1. The van der Waals surface area contributed by atoms with Crippen LogP contribution in [0, 0.1) is 13.8 Å². The quantitative estimate of drug-likeness (QED) is 0.678. The van der Waals surface area contributed by atoms with Gasteiger partial charge in [-0.2, -0.15) is 0 Å². The van der Waals surface area contributed by atoms with E-state index in [9.17, 15) is 14.4 Å². The molecule has 1 N–H and O–H groups in total. The van der Waals surface area contributed by atoms with Crippen molar-refractivity contribution in [3.05, 3.63) is 50.3 Å². The van der Waals surface area contributed by atoms with Crippen molar-refractivity contribution in [2.24, 2.45) is 0 Å². The molecular formula is C16H14N2O3S2. The fourth-order valence-corrected chi connectivity index (χ4v) is 3.94. The van der Waals surface area contributed by atoms with Crippen molar-refractivity contribution in [2.75, 3.05) is 6.54 Å². The van der Waals surface area contributed by atoms with Crippen LogP contribution in [0.5, 0.6) is 0 Å². The number of rotatable bonds is 4. The lowest BCUT2D eigenvalue weighted by Crippen LogP contribution is -2.33. The average Bonchev–Trinajstić information content (AvgIpc) is 3.17. The van der Waals surface area contributed by atoms with Gasteiger partial charge in [-0.1, -0.05) is 6.07 Å². The summed E-state index contributed by atoms with van der Waals surface area (Å²) in [4.78, 5) is 42.1. The molecule has 2 aromatic rings. The zero-order chi connectivity index (χ0) is 16.6. The number of imide groups is 1. The first-order chi connectivity index (χ1) is 11.0. The lowest BCUT2D eigenvalue weighted by Gasteiger charge is -2.11. The zero-order valence-corrected chi connectivity index (χ0v) is 14.2. The molecule has 5 nitrogen and oxygen atoms in total. The summed E-state index contributed by atoms with van der Waals surface area (Å²) in [6.45, 7) is 3.42. The van der Waals surface area contributed by atoms with Gasteiger partial charge in [-0.15, -0.1) is 11.3 Å². The van der Waals surface area contributed by atoms with Crippen molar-refractivity contribution >= 4 is 46.1 Å². The molecule has 2 aromatic heterocycles. The number of H-pyrrole nitrogens is 1. The van der Waals surface area contributed by atoms with Crippen LogP contribution in [-0.4, -0.2) is 33.4 Å². The van der Waals surface area contributed by atoms with E-state index in [0.29, 0.717) is 10.5 Å². The summed E-state index contributed by atoms with van der Waals surface area (Å²) in [5, 5.41) is 1.49. The van der Waals surface area contributed by atoms with E-state index in [-0.39, 0.29) is 12.3 Å². The monoisotopic (exact) mass is 346 g/mol. The van der Waals surface area contributed by atoms with Crippen molar-refractivity contribution in [3.8, 4) is 0 Å². The largest absolute Gasteiger partial charge is 0.362 e. The van der Waals surface area contributed by atoms with Crippen LogP contribution in [0.2, 0.25) is 0 Å². The van der Waals surface area contributed by atoms with E-state index < -0.39 is 11.1 Å². The fourth-order valence-electron chi connectivity index (χ4n) is 2.38. The number of hydrogen-bond donors (Lipinski definition) is 1. The second kappa shape index (κ2) is 6.17. The van der Waals surface area contributed by atoms with E-state index >= 15 is 0 Å². The van der Waals surface area contributed by atoms with Gasteiger partial charge in [0.25, 0.3) is 11.1 Å². The topological polar surface area (TPSA) is 70.2 Å². The zero-order valence-electron chi connectivity index (χ0n) is 12.6. The molecule has 3 rings (SSSR count). The van der Waals surface area contributed by atoms with Gasteiger partial charge >= 0.3 is 0 Å². The number of nitrogens with zero attached hydrogens (tertiary/aromatic N) is 1. The van der Waals surface area contributed by atoms with E-state index in [1.165, 1.54) is 11.3 Å². The highest BCUT2D eigenvalue weighted by Crippen LogP contribution is 2.33. The van der Waals surface area contributed by atoms with Gasteiger partial charge < -0.3 is 4.98 Å². The number of nitrogens with one attached hydrogen (secondary N) is 1. The molecule has 0 saturated carbocycles. The highest BCUT2D eigenvalue weighted by atomic mass is 32.2. The van der Waals surface area contributed by atoms with Crippen molar-refractivity contribution in [1.29, 1.82) is 0 Å². The van der Waals surface area contributed by atoms with Crippen molar-refractivity contribution < 1.29 is 14.4 Å². The first-order valence-electron chi connectivity index (χ1n) is 6.94. The van der Waals surface area contributed by atoms with Crippen molar-refractivity contribution in [1.82, 2.24) is 9.88 Å². The van der Waals surface area contributed by atoms with Crippen LogP contribution in [0.25, 0.3) is 6.08 Å². The normalized spacial score (nSPS) is 16.6. The number of aryl methyl sites for hydroxylation is 2. The average molecular weight is 346 g/mol. The molecule has 1 fully saturated rings. The van der Waals surface area contributed by atoms with E-state index in [0.717, 1.165) is 32.9 Å². The molecule has 7 heteroatoms. The number of hydrogen-bond acceptors (Lipinski definition) is 5. The Labute approximate surface area is 141 Å². The number of aromatic nitrogens is 1. The minimum Gasteiger partial charge on any atom is -0.362 e. The van der Waals surface area contributed by atoms with Crippen LogP contribution in [0.3, 0.4) is 0 Å². The number of carbonyl (C=O) groups is 3. The minimum atomic E-state index is -0.410. The third kappa shape index (κ3) is 3.16. The Hall–Kier alpha value is -2.12. The molecule has 1 aliphatic rings. The van der Waals surface area contributed by atoms with Gasteiger partial charge in [-0.3, -0.25) is 19.3 Å². The molecule has 1 saturated heterocycles. The Bertz CT molecular complexity index is 819. The predicted octanol–water partition coefficient (Wildman–Crippen LogP) is 3.61. The molecule has 0 aromatic carbocycles. The molecule has 0 aliphatic carbocycles. The summed E-state index contributed by atoms with van der Waals surface area (Å²) < 4.78 is 0. The standard InChI is InChI=1S/C16H14N2O3S2/c1-9-6-12(10(2)17-9)13(19)8-18-15(20)14(23-16(18)21)7-11-4-3-5-22-11/h3-7,17H,8H2,1-2H3. The third-order valence-corrected chi connectivity index (χ3v) is 5.17. The summed E-state index contributed by atoms with van der Waals surface area (Å²) in [7, 11) is 0. The second-order valence-corrected chi connectivity index (χ2v) is 7.17. The van der Waals surface area contributed by atoms with Crippen LogP contribution >= 0.6 is 23.1 Å². The third-order valence-electron chi connectivity index (χ3n) is 3.44. The maximum atomic E-state index is 12.4. The van der Waals surface area contributed by atoms with E-state index in [1.54, 1.807) is 19.1 Å². The summed E-state index contributed by atoms with van der Waals surface area (Å²) in [6.07, 6.45) is 1.69. The Kier molecular flexibility index (Phi) is 4.23. The second-order valence-electron chi connectivity index (χ2n) is 5.20. The highest BCUT2D eigenvalue weighted by molar-refractivity contribution is 8.18. The Morgan fingerprint density at radius 3 is 2.74 bits per heavy atom. The molecule has 3 heterocycles. The Balaban J connectivity index is 1.78. The number of aromatic amines is 1. The maximum absolute atomic E-state index is 12.4. The minimum absolute atomic E-state index is 0.232. The smallest absolute Gasteiger partial charge is 0.293 e. The molecule has 0 spiro atoms. The molecule has 0 radical (unpaired) electrons. The van der Waals surface area contributed by atoms with Crippen molar-refractivity contribution in [3.63, 3.8) is 0 Å². The highest BCUT2D eigenvalue weighted by Gasteiger charge is 2.36. The summed E-state index contributed by atoms with van der Waals surface area (Å²) in [5.41, 5.74) is 2.13. The Morgan fingerprint density at radius 2 is 2.13 bits per heavy atom.